The Bertz CT molecular complexity index is 501. The summed E-state index contributed by atoms with van der Waals surface area (Å²) in [7, 11) is 0. The molecular weight excluding hydrogens is 270 g/mol. The van der Waals surface area contributed by atoms with Gasteiger partial charge in [-0.1, -0.05) is 20.8 Å². The summed E-state index contributed by atoms with van der Waals surface area (Å²) in [4.78, 5) is 10.1. The van der Waals surface area contributed by atoms with Crippen molar-refractivity contribution in [1.82, 2.24) is 0 Å². The number of nitrogens with zero attached hydrogens (tertiary/aromatic N) is 1. The minimum absolute atomic E-state index is 0.167. The Labute approximate surface area is 115 Å². The van der Waals surface area contributed by atoms with Gasteiger partial charge in [0.25, 0.3) is 5.69 Å². The standard InChI is InChI=1S/C13H18F2N2O3/c1-13(2,3)10(6-7-18)16-12-9(17(19)20)5-4-8(14)11(12)15/h4-5,10,16,18H,6-7H2,1-3H3. The van der Waals surface area contributed by atoms with Gasteiger partial charge in [0, 0.05) is 18.7 Å². The van der Waals surface area contributed by atoms with Gasteiger partial charge in [-0.15, -0.1) is 0 Å². The zero-order valence-electron chi connectivity index (χ0n) is 11.6. The van der Waals surface area contributed by atoms with E-state index in [-0.39, 0.29) is 13.0 Å². The second-order valence-electron chi connectivity index (χ2n) is 5.59. The van der Waals surface area contributed by atoms with E-state index in [1.165, 1.54) is 0 Å². The molecule has 1 rings (SSSR count). The van der Waals surface area contributed by atoms with Crippen LogP contribution in [0.1, 0.15) is 27.2 Å². The van der Waals surface area contributed by atoms with Gasteiger partial charge < -0.3 is 10.4 Å². The number of nitro groups is 1. The van der Waals surface area contributed by atoms with Gasteiger partial charge >= 0.3 is 0 Å². The third-order valence-corrected chi connectivity index (χ3v) is 3.05. The third kappa shape index (κ3) is 3.63. The van der Waals surface area contributed by atoms with E-state index in [1.807, 2.05) is 20.8 Å². The average Bonchev–Trinajstić information content (AvgIpc) is 2.32. The van der Waals surface area contributed by atoms with Crippen LogP contribution in [0.3, 0.4) is 0 Å². The van der Waals surface area contributed by atoms with Crippen molar-refractivity contribution in [2.75, 3.05) is 11.9 Å². The highest BCUT2D eigenvalue weighted by Gasteiger charge is 2.29. The van der Waals surface area contributed by atoms with Crippen LogP contribution in [-0.4, -0.2) is 22.7 Å². The van der Waals surface area contributed by atoms with Crippen LogP contribution in [0.25, 0.3) is 0 Å². The molecule has 0 saturated heterocycles. The van der Waals surface area contributed by atoms with Gasteiger partial charge in [-0.05, 0) is 17.9 Å². The van der Waals surface area contributed by atoms with Crippen LogP contribution in [0.5, 0.6) is 0 Å². The molecule has 0 heterocycles. The summed E-state index contributed by atoms with van der Waals surface area (Å²) in [5.74, 6) is -2.44. The molecule has 0 saturated carbocycles. The molecule has 1 atom stereocenters. The van der Waals surface area contributed by atoms with E-state index < -0.39 is 39.4 Å². The van der Waals surface area contributed by atoms with Gasteiger partial charge in [0.15, 0.2) is 17.3 Å². The van der Waals surface area contributed by atoms with E-state index in [2.05, 4.69) is 5.32 Å². The van der Waals surface area contributed by atoms with Gasteiger partial charge in [-0.2, -0.15) is 0 Å². The van der Waals surface area contributed by atoms with Crippen LogP contribution in [-0.2, 0) is 0 Å². The molecule has 0 aliphatic rings. The van der Waals surface area contributed by atoms with Crippen LogP contribution in [0, 0.1) is 27.2 Å². The SMILES string of the molecule is CC(C)(C)C(CCO)Nc1c([N+](=O)[O-])ccc(F)c1F. The Morgan fingerprint density at radius 2 is 2.00 bits per heavy atom. The highest BCUT2D eigenvalue weighted by molar-refractivity contribution is 5.63. The normalized spacial score (nSPS) is 13.1. The molecule has 112 valence electrons. The largest absolute Gasteiger partial charge is 0.396 e. The van der Waals surface area contributed by atoms with Crippen molar-refractivity contribution in [3.63, 3.8) is 0 Å². The first kappa shape index (κ1) is 16.3. The maximum atomic E-state index is 13.8. The quantitative estimate of drug-likeness (QED) is 0.645. The highest BCUT2D eigenvalue weighted by atomic mass is 19.2. The lowest BCUT2D eigenvalue weighted by atomic mass is 9.84. The zero-order valence-corrected chi connectivity index (χ0v) is 11.6. The Morgan fingerprint density at radius 1 is 1.40 bits per heavy atom. The lowest BCUT2D eigenvalue weighted by Crippen LogP contribution is -2.35. The van der Waals surface area contributed by atoms with E-state index in [0.29, 0.717) is 0 Å². The topological polar surface area (TPSA) is 75.4 Å². The first-order valence-corrected chi connectivity index (χ1v) is 6.18. The number of benzene rings is 1. The van der Waals surface area contributed by atoms with Crippen molar-refractivity contribution in [2.24, 2.45) is 5.41 Å². The van der Waals surface area contributed by atoms with E-state index in [9.17, 15) is 18.9 Å². The van der Waals surface area contributed by atoms with Crippen LogP contribution in [0.15, 0.2) is 12.1 Å². The van der Waals surface area contributed by atoms with Crippen molar-refractivity contribution in [2.45, 2.75) is 33.2 Å². The Kier molecular flexibility index (Phi) is 4.99. The van der Waals surface area contributed by atoms with Crippen LogP contribution >= 0.6 is 0 Å². The number of aliphatic hydroxyl groups is 1. The van der Waals surface area contributed by atoms with Crippen LogP contribution < -0.4 is 5.32 Å². The summed E-state index contributed by atoms with van der Waals surface area (Å²) >= 11 is 0. The second-order valence-corrected chi connectivity index (χ2v) is 5.59. The summed E-state index contributed by atoms with van der Waals surface area (Å²) < 4.78 is 27.1. The van der Waals surface area contributed by atoms with Crippen molar-refractivity contribution in [3.8, 4) is 0 Å². The molecule has 2 N–H and O–H groups in total. The third-order valence-electron chi connectivity index (χ3n) is 3.05. The Morgan fingerprint density at radius 3 is 2.45 bits per heavy atom. The smallest absolute Gasteiger partial charge is 0.295 e. The van der Waals surface area contributed by atoms with Crippen LogP contribution in [0.2, 0.25) is 0 Å². The van der Waals surface area contributed by atoms with Crippen molar-refractivity contribution in [1.29, 1.82) is 0 Å². The maximum Gasteiger partial charge on any atom is 0.295 e. The molecule has 20 heavy (non-hydrogen) atoms. The number of halogens is 2. The minimum atomic E-state index is -1.29. The van der Waals surface area contributed by atoms with E-state index >= 15 is 0 Å². The van der Waals surface area contributed by atoms with Gasteiger partial charge in [0.1, 0.15) is 0 Å². The van der Waals surface area contributed by atoms with Crippen molar-refractivity contribution in [3.05, 3.63) is 33.9 Å². The summed E-state index contributed by atoms with van der Waals surface area (Å²) in [6.07, 6.45) is 0.261. The van der Waals surface area contributed by atoms with Gasteiger partial charge in [0.2, 0.25) is 0 Å². The fourth-order valence-corrected chi connectivity index (χ4v) is 1.85. The fraction of sp³-hybridized carbons (Fsp3) is 0.538. The van der Waals surface area contributed by atoms with Crippen molar-refractivity contribution >= 4 is 11.4 Å². The summed E-state index contributed by atoms with van der Waals surface area (Å²) in [5, 5.41) is 22.6. The fourth-order valence-electron chi connectivity index (χ4n) is 1.85. The van der Waals surface area contributed by atoms with Crippen molar-refractivity contribution < 1.29 is 18.8 Å². The number of nitrogens with one attached hydrogen (secondary N) is 1. The zero-order chi connectivity index (χ0) is 15.5. The molecule has 0 bridgehead atoms. The highest BCUT2D eigenvalue weighted by Crippen LogP contribution is 2.33. The Balaban J connectivity index is 3.24. The first-order valence-electron chi connectivity index (χ1n) is 6.18. The lowest BCUT2D eigenvalue weighted by molar-refractivity contribution is -0.384. The number of anilines is 1. The van der Waals surface area contributed by atoms with Gasteiger partial charge in [-0.25, -0.2) is 8.78 Å². The van der Waals surface area contributed by atoms with E-state index in [4.69, 9.17) is 5.11 Å². The first-order chi connectivity index (χ1) is 9.18. The predicted molar refractivity (Wildman–Crippen MR) is 71.6 cm³/mol. The Hall–Kier alpha value is -1.76. The molecule has 0 fully saturated rings. The average molecular weight is 288 g/mol. The summed E-state index contributed by atoms with van der Waals surface area (Å²) in [6, 6.07) is 1.19. The van der Waals surface area contributed by atoms with Gasteiger partial charge in [-0.3, -0.25) is 10.1 Å². The number of hydrogen-bond donors (Lipinski definition) is 2. The molecule has 1 aromatic rings. The molecule has 0 radical (unpaired) electrons. The lowest BCUT2D eigenvalue weighted by Gasteiger charge is -2.31. The predicted octanol–water partition coefficient (Wildman–Crippen LogP) is 3.08. The number of hydrogen-bond acceptors (Lipinski definition) is 4. The number of nitro benzene ring substituents is 1. The van der Waals surface area contributed by atoms with Crippen LogP contribution in [0.4, 0.5) is 20.2 Å². The molecule has 0 spiro atoms. The van der Waals surface area contributed by atoms with Gasteiger partial charge in [0.05, 0.1) is 4.92 Å². The van der Waals surface area contributed by atoms with E-state index in [0.717, 1.165) is 12.1 Å². The summed E-state index contributed by atoms with van der Waals surface area (Å²) in [6.45, 7) is 5.34. The maximum absolute atomic E-state index is 13.8. The molecule has 0 aliphatic carbocycles. The molecular formula is C13H18F2N2O3. The molecule has 0 aliphatic heterocycles. The number of rotatable bonds is 5. The number of aliphatic hydroxyl groups excluding tert-OH is 1. The molecule has 0 amide bonds. The molecule has 7 heteroatoms. The minimum Gasteiger partial charge on any atom is -0.396 e. The monoisotopic (exact) mass is 288 g/mol. The summed E-state index contributed by atoms with van der Waals surface area (Å²) in [5.41, 5.74) is -1.41. The second kappa shape index (κ2) is 6.13. The molecule has 1 unspecified atom stereocenters. The molecule has 5 nitrogen and oxygen atoms in total. The molecule has 1 aromatic carbocycles. The van der Waals surface area contributed by atoms with E-state index in [1.54, 1.807) is 0 Å². The molecule has 0 aromatic heterocycles.